The van der Waals surface area contributed by atoms with Gasteiger partial charge in [-0.2, -0.15) is 0 Å². The summed E-state index contributed by atoms with van der Waals surface area (Å²) in [6.45, 7) is 11.7. The van der Waals surface area contributed by atoms with Gasteiger partial charge in [-0.3, -0.25) is 9.59 Å². The highest BCUT2D eigenvalue weighted by Gasteiger charge is 2.33. The number of carbonyl (C=O) groups excluding carboxylic acids is 3. The highest BCUT2D eigenvalue weighted by molar-refractivity contribution is 7.12. The summed E-state index contributed by atoms with van der Waals surface area (Å²) in [6.07, 6.45) is 0. The number of carbonyl (C=O) groups is 3. The average Bonchev–Trinajstić information content (AvgIpc) is 3.23. The fourth-order valence-corrected chi connectivity index (χ4v) is 4.10. The van der Waals surface area contributed by atoms with E-state index in [1.54, 1.807) is 22.5 Å². The number of hydrogen-bond acceptors (Lipinski definition) is 5. The summed E-state index contributed by atoms with van der Waals surface area (Å²) in [7, 11) is 1.33. The largest absolute Gasteiger partial charge is 0.464 e. The van der Waals surface area contributed by atoms with E-state index < -0.39 is 11.5 Å². The van der Waals surface area contributed by atoms with Crippen LogP contribution in [0.2, 0.25) is 0 Å². The Morgan fingerprint density at radius 3 is 2.32 bits per heavy atom. The van der Waals surface area contributed by atoms with Crippen LogP contribution in [0.4, 0.5) is 0 Å². The summed E-state index contributed by atoms with van der Waals surface area (Å²) in [4.78, 5) is 40.6. The van der Waals surface area contributed by atoms with Gasteiger partial charge in [0.25, 0.3) is 5.91 Å². The Hall–Kier alpha value is -2.41. The third-order valence-electron chi connectivity index (χ3n) is 4.83. The summed E-state index contributed by atoms with van der Waals surface area (Å²) in [5, 5.41) is 1.84. The maximum atomic E-state index is 13.3. The molecule has 0 saturated heterocycles. The van der Waals surface area contributed by atoms with Crippen LogP contribution in [0, 0.1) is 13.8 Å². The first-order valence-electron chi connectivity index (χ1n) is 9.21. The Labute approximate surface area is 170 Å². The van der Waals surface area contributed by atoms with Crippen LogP contribution in [-0.2, 0) is 11.3 Å². The first kappa shape index (κ1) is 21.9. The number of nitrogens with zero attached hydrogens (tertiary/aromatic N) is 2. The van der Waals surface area contributed by atoms with Crippen LogP contribution in [0.15, 0.2) is 17.5 Å². The zero-order chi connectivity index (χ0) is 21.2. The highest BCUT2D eigenvalue weighted by Crippen LogP contribution is 2.26. The molecule has 0 aliphatic carbocycles. The molecule has 2 rings (SSSR count). The molecule has 0 atom stereocenters. The molecule has 0 radical (unpaired) electrons. The molecule has 0 fully saturated rings. The number of ketones is 1. The molecule has 0 unspecified atom stereocenters. The Morgan fingerprint density at radius 2 is 1.86 bits per heavy atom. The smallest absolute Gasteiger partial charge is 0.354 e. The van der Waals surface area contributed by atoms with Crippen LogP contribution in [0.1, 0.15) is 69.5 Å². The molecule has 0 saturated carbocycles. The minimum absolute atomic E-state index is 0.0593. The summed E-state index contributed by atoms with van der Waals surface area (Å²) in [6, 6.07) is 3.58. The third kappa shape index (κ3) is 4.04. The first-order chi connectivity index (χ1) is 13.0. The van der Waals surface area contributed by atoms with Gasteiger partial charge in [0.1, 0.15) is 5.69 Å². The van der Waals surface area contributed by atoms with E-state index in [1.165, 1.54) is 18.4 Å². The average molecular weight is 405 g/mol. The molecule has 0 bridgehead atoms. The molecule has 6 nitrogen and oxygen atoms in total. The van der Waals surface area contributed by atoms with E-state index >= 15 is 0 Å². The maximum Gasteiger partial charge on any atom is 0.354 e. The van der Waals surface area contributed by atoms with Gasteiger partial charge in [-0.15, -0.1) is 11.3 Å². The molecular weight excluding hydrogens is 376 g/mol. The van der Waals surface area contributed by atoms with Gasteiger partial charge in [0.05, 0.1) is 18.5 Å². The van der Waals surface area contributed by atoms with Crippen LogP contribution < -0.4 is 0 Å². The second-order valence-electron chi connectivity index (χ2n) is 7.63. The Kier molecular flexibility index (Phi) is 6.49. The van der Waals surface area contributed by atoms with E-state index in [9.17, 15) is 14.4 Å². The minimum atomic E-state index is -0.531. The van der Waals surface area contributed by atoms with Crippen LogP contribution in [-0.4, -0.2) is 46.3 Å². The summed E-state index contributed by atoms with van der Waals surface area (Å²) in [5.41, 5.74) is 1.64. The number of esters is 1. The van der Waals surface area contributed by atoms with Crippen molar-refractivity contribution in [3.8, 4) is 0 Å². The van der Waals surface area contributed by atoms with Crippen molar-refractivity contribution in [3.05, 3.63) is 44.9 Å². The van der Waals surface area contributed by atoms with Gasteiger partial charge in [0.15, 0.2) is 5.78 Å². The van der Waals surface area contributed by atoms with Gasteiger partial charge in [-0.1, -0.05) is 6.07 Å². The van der Waals surface area contributed by atoms with E-state index in [4.69, 9.17) is 4.74 Å². The van der Waals surface area contributed by atoms with Gasteiger partial charge < -0.3 is 14.2 Å². The molecule has 0 spiro atoms. The van der Waals surface area contributed by atoms with E-state index in [0.29, 0.717) is 33.9 Å². The van der Waals surface area contributed by atoms with Crippen molar-refractivity contribution < 1.29 is 19.1 Å². The molecule has 0 aliphatic rings. The lowest BCUT2D eigenvalue weighted by molar-refractivity contribution is 0.0550. The predicted molar refractivity (Wildman–Crippen MR) is 110 cm³/mol. The lowest BCUT2D eigenvalue weighted by atomic mass is 10.0. The fourth-order valence-electron chi connectivity index (χ4n) is 3.43. The molecule has 2 heterocycles. The Balaban J connectivity index is 2.46. The number of methoxy groups -OCH3 is 1. The molecule has 0 N–H and O–H groups in total. The van der Waals surface area contributed by atoms with E-state index in [2.05, 4.69) is 0 Å². The standard InChI is InChI=1S/C21H28N2O4S/c1-8-22-14(3)17(13(2)18(22)20(26)27-7)15(24)12-23(21(4,5)6)19(25)16-10-9-11-28-16/h9-11H,8,12H2,1-7H3. The van der Waals surface area contributed by atoms with Crippen LogP contribution >= 0.6 is 11.3 Å². The molecule has 2 aromatic rings. The van der Waals surface area contributed by atoms with Crippen molar-refractivity contribution in [1.29, 1.82) is 0 Å². The van der Waals surface area contributed by atoms with Gasteiger partial charge in [0.2, 0.25) is 0 Å². The Bertz CT molecular complexity index is 889. The molecular formula is C21H28N2O4S. The third-order valence-corrected chi connectivity index (χ3v) is 5.69. The second-order valence-corrected chi connectivity index (χ2v) is 8.58. The van der Waals surface area contributed by atoms with Crippen molar-refractivity contribution in [3.63, 3.8) is 0 Å². The van der Waals surface area contributed by atoms with Gasteiger partial charge in [0, 0.05) is 23.3 Å². The predicted octanol–water partition coefficient (Wildman–Crippen LogP) is 4.10. The number of hydrogen-bond donors (Lipinski definition) is 0. The lowest BCUT2D eigenvalue weighted by Gasteiger charge is -2.35. The van der Waals surface area contributed by atoms with Crippen LogP contribution in [0.25, 0.3) is 0 Å². The van der Waals surface area contributed by atoms with Crippen LogP contribution in [0.5, 0.6) is 0 Å². The molecule has 152 valence electrons. The van der Waals surface area contributed by atoms with Gasteiger partial charge in [-0.05, 0) is 58.6 Å². The Morgan fingerprint density at radius 1 is 1.21 bits per heavy atom. The van der Waals surface area contributed by atoms with Crippen molar-refractivity contribution in [2.75, 3.05) is 13.7 Å². The number of rotatable bonds is 6. The minimum Gasteiger partial charge on any atom is -0.464 e. The zero-order valence-corrected chi connectivity index (χ0v) is 18.4. The van der Waals surface area contributed by atoms with E-state index in [-0.39, 0.29) is 18.2 Å². The number of Topliss-reactive ketones (excluding diaryl/α,β-unsaturated/α-hetero) is 1. The quantitative estimate of drug-likeness (QED) is 0.537. The molecule has 28 heavy (non-hydrogen) atoms. The normalized spacial score (nSPS) is 11.4. The zero-order valence-electron chi connectivity index (χ0n) is 17.6. The molecule has 0 aliphatic heterocycles. The van der Waals surface area contributed by atoms with Crippen LogP contribution in [0.3, 0.4) is 0 Å². The fraction of sp³-hybridized carbons (Fsp3) is 0.476. The molecule has 7 heteroatoms. The monoisotopic (exact) mass is 404 g/mol. The van der Waals surface area contributed by atoms with Crippen molar-refractivity contribution in [2.45, 2.75) is 53.6 Å². The van der Waals surface area contributed by atoms with E-state index in [1.807, 2.05) is 46.1 Å². The molecule has 0 aromatic carbocycles. The van der Waals surface area contributed by atoms with Gasteiger partial charge >= 0.3 is 5.97 Å². The topological polar surface area (TPSA) is 68.6 Å². The van der Waals surface area contributed by atoms with Gasteiger partial charge in [-0.25, -0.2) is 4.79 Å². The molecule has 1 amide bonds. The second kappa shape index (κ2) is 8.31. The summed E-state index contributed by atoms with van der Waals surface area (Å²) >= 11 is 1.35. The maximum absolute atomic E-state index is 13.3. The summed E-state index contributed by atoms with van der Waals surface area (Å²) in [5.74, 6) is -0.828. The highest BCUT2D eigenvalue weighted by atomic mass is 32.1. The van der Waals surface area contributed by atoms with Crippen molar-refractivity contribution >= 4 is 29.0 Å². The SMILES string of the molecule is CCn1c(C)c(C(=O)CN(C(=O)c2cccs2)C(C)(C)C)c(C)c1C(=O)OC. The number of aromatic nitrogens is 1. The van der Waals surface area contributed by atoms with Crippen molar-refractivity contribution in [1.82, 2.24) is 9.47 Å². The van der Waals surface area contributed by atoms with Crippen molar-refractivity contribution in [2.24, 2.45) is 0 Å². The summed E-state index contributed by atoms with van der Waals surface area (Å²) < 4.78 is 6.68. The van der Waals surface area contributed by atoms with E-state index in [0.717, 1.165) is 0 Å². The molecule has 2 aromatic heterocycles. The lowest BCUT2D eigenvalue weighted by Crippen LogP contribution is -2.48. The number of ether oxygens (including phenoxy) is 1. The first-order valence-corrected chi connectivity index (χ1v) is 10.1. The number of thiophene rings is 1. The number of amides is 1.